The molecule has 138 valence electrons. The van der Waals surface area contributed by atoms with Crippen LogP contribution in [0.1, 0.15) is 28.8 Å². The molecular formula is C19H14Cl3N3O2. The standard InChI is InChI=1S/C19H14Cl3N3O2/c20-12-4-6-15(21)14(8-12)19(27)25-7-1-2-17(25)18(26)24-13-5-3-11(10-23)16(22)9-13/h3-6,8-9,17H,1-2,7H2,(H,24,26). The highest BCUT2D eigenvalue weighted by molar-refractivity contribution is 6.35. The quantitative estimate of drug-likeness (QED) is 0.775. The smallest absolute Gasteiger partial charge is 0.256 e. The zero-order valence-electron chi connectivity index (χ0n) is 14.0. The number of anilines is 1. The molecule has 1 aliphatic heterocycles. The Morgan fingerprint density at radius 3 is 2.59 bits per heavy atom. The molecule has 0 aromatic heterocycles. The van der Waals surface area contributed by atoms with Crippen molar-refractivity contribution in [3.05, 3.63) is 62.6 Å². The molecule has 27 heavy (non-hydrogen) atoms. The summed E-state index contributed by atoms with van der Waals surface area (Å²) in [4.78, 5) is 27.1. The number of likely N-dealkylation sites (tertiary alicyclic amines) is 1. The summed E-state index contributed by atoms with van der Waals surface area (Å²) in [7, 11) is 0. The SMILES string of the molecule is N#Cc1ccc(NC(=O)C2CCCN2C(=O)c2cc(Cl)ccc2Cl)cc1Cl. The van der Waals surface area contributed by atoms with Gasteiger partial charge < -0.3 is 10.2 Å². The lowest BCUT2D eigenvalue weighted by molar-refractivity contribution is -0.119. The summed E-state index contributed by atoms with van der Waals surface area (Å²) >= 11 is 18.1. The first-order chi connectivity index (χ1) is 12.9. The van der Waals surface area contributed by atoms with Gasteiger partial charge in [0.1, 0.15) is 12.1 Å². The van der Waals surface area contributed by atoms with Crippen molar-refractivity contribution in [2.75, 3.05) is 11.9 Å². The first kappa shape index (κ1) is 19.5. The van der Waals surface area contributed by atoms with E-state index in [-0.39, 0.29) is 27.4 Å². The van der Waals surface area contributed by atoms with E-state index < -0.39 is 6.04 Å². The summed E-state index contributed by atoms with van der Waals surface area (Å²) in [6, 6.07) is 10.6. The first-order valence-electron chi connectivity index (χ1n) is 8.17. The van der Waals surface area contributed by atoms with Crippen molar-refractivity contribution in [2.45, 2.75) is 18.9 Å². The maximum Gasteiger partial charge on any atom is 0.256 e. The third kappa shape index (κ3) is 4.19. The van der Waals surface area contributed by atoms with Gasteiger partial charge in [0.25, 0.3) is 5.91 Å². The predicted octanol–water partition coefficient (Wildman–Crippen LogP) is 4.76. The highest BCUT2D eigenvalue weighted by Crippen LogP contribution is 2.27. The van der Waals surface area contributed by atoms with E-state index in [9.17, 15) is 9.59 Å². The molecule has 0 aliphatic carbocycles. The molecule has 1 saturated heterocycles. The Labute approximate surface area is 171 Å². The molecule has 8 heteroatoms. The summed E-state index contributed by atoms with van der Waals surface area (Å²) in [5.41, 5.74) is 1.05. The van der Waals surface area contributed by atoms with Crippen LogP contribution in [0.2, 0.25) is 15.1 Å². The van der Waals surface area contributed by atoms with Gasteiger partial charge in [-0.1, -0.05) is 34.8 Å². The Morgan fingerprint density at radius 2 is 1.89 bits per heavy atom. The maximum absolute atomic E-state index is 12.9. The lowest BCUT2D eigenvalue weighted by Gasteiger charge is -2.24. The molecule has 1 heterocycles. The molecule has 5 nitrogen and oxygen atoms in total. The van der Waals surface area contributed by atoms with E-state index in [1.165, 1.54) is 23.1 Å². The second-order valence-electron chi connectivity index (χ2n) is 6.08. The second-order valence-corrected chi connectivity index (χ2v) is 7.33. The highest BCUT2D eigenvalue weighted by Gasteiger charge is 2.35. The van der Waals surface area contributed by atoms with Gasteiger partial charge in [-0.05, 0) is 49.2 Å². The van der Waals surface area contributed by atoms with Crippen molar-refractivity contribution in [1.29, 1.82) is 5.26 Å². The number of nitrogens with zero attached hydrogens (tertiary/aromatic N) is 2. The Kier molecular flexibility index (Phi) is 5.91. The van der Waals surface area contributed by atoms with Gasteiger partial charge >= 0.3 is 0 Å². The van der Waals surface area contributed by atoms with Crippen molar-refractivity contribution >= 4 is 52.3 Å². The zero-order chi connectivity index (χ0) is 19.6. The fourth-order valence-corrected chi connectivity index (χ4v) is 3.60. The third-order valence-corrected chi connectivity index (χ3v) is 5.21. The van der Waals surface area contributed by atoms with Gasteiger partial charge in [-0.15, -0.1) is 0 Å². The molecular weight excluding hydrogens is 409 g/mol. The van der Waals surface area contributed by atoms with Crippen LogP contribution in [-0.4, -0.2) is 29.3 Å². The molecule has 1 aliphatic rings. The minimum atomic E-state index is -0.623. The summed E-state index contributed by atoms with van der Waals surface area (Å²) in [6.07, 6.45) is 1.25. The summed E-state index contributed by atoms with van der Waals surface area (Å²) in [5.74, 6) is -0.655. The lowest BCUT2D eigenvalue weighted by atomic mass is 10.1. The van der Waals surface area contributed by atoms with E-state index >= 15 is 0 Å². The Hall–Kier alpha value is -2.26. The fraction of sp³-hybridized carbons (Fsp3) is 0.211. The number of nitrogens with one attached hydrogen (secondary N) is 1. The van der Waals surface area contributed by atoms with E-state index in [2.05, 4.69) is 5.32 Å². The number of hydrogen-bond donors (Lipinski definition) is 1. The van der Waals surface area contributed by atoms with Gasteiger partial charge in [0.05, 0.1) is 21.2 Å². The second kappa shape index (κ2) is 8.18. The van der Waals surface area contributed by atoms with Gasteiger partial charge in [0, 0.05) is 17.3 Å². The minimum absolute atomic E-state index is 0.250. The van der Waals surface area contributed by atoms with Crippen LogP contribution in [0.5, 0.6) is 0 Å². The Balaban J connectivity index is 1.78. The monoisotopic (exact) mass is 421 g/mol. The van der Waals surface area contributed by atoms with Crippen LogP contribution in [0.15, 0.2) is 36.4 Å². The molecule has 3 rings (SSSR count). The van der Waals surface area contributed by atoms with E-state index in [0.29, 0.717) is 35.7 Å². The van der Waals surface area contributed by atoms with Crippen LogP contribution in [-0.2, 0) is 4.79 Å². The highest BCUT2D eigenvalue weighted by atomic mass is 35.5. The van der Waals surface area contributed by atoms with Crippen LogP contribution >= 0.6 is 34.8 Å². The zero-order valence-corrected chi connectivity index (χ0v) is 16.3. The first-order valence-corrected chi connectivity index (χ1v) is 9.30. The fourth-order valence-electron chi connectivity index (χ4n) is 3.01. The number of nitriles is 1. The van der Waals surface area contributed by atoms with Crippen molar-refractivity contribution in [1.82, 2.24) is 4.90 Å². The number of carbonyl (C=O) groups excluding carboxylic acids is 2. The van der Waals surface area contributed by atoms with Gasteiger partial charge in [0.2, 0.25) is 5.91 Å². The summed E-state index contributed by atoms with van der Waals surface area (Å²) in [5, 5.41) is 12.6. The molecule has 1 fully saturated rings. The molecule has 2 aromatic carbocycles. The van der Waals surface area contributed by atoms with E-state index in [1.54, 1.807) is 18.2 Å². The molecule has 0 bridgehead atoms. The lowest BCUT2D eigenvalue weighted by Crippen LogP contribution is -2.43. The largest absolute Gasteiger partial charge is 0.327 e. The summed E-state index contributed by atoms with van der Waals surface area (Å²) < 4.78 is 0. The number of carbonyl (C=O) groups is 2. The van der Waals surface area contributed by atoms with Gasteiger partial charge in [-0.3, -0.25) is 9.59 Å². The third-order valence-electron chi connectivity index (χ3n) is 4.33. The van der Waals surface area contributed by atoms with E-state index in [1.807, 2.05) is 6.07 Å². The van der Waals surface area contributed by atoms with Gasteiger partial charge in [0.15, 0.2) is 0 Å². The van der Waals surface area contributed by atoms with Gasteiger partial charge in [-0.2, -0.15) is 5.26 Å². The molecule has 2 amide bonds. The van der Waals surface area contributed by atoms with Crippen LogP contribution < -0.4 is 5.32 Å². The van der Waals surface area contributed by atoms with E-state index in [4.69, 9.17) is 40.1 Å². The van der Waals surface area contributed by atoms with Crippen LogP contribution in [0.4, 0.5) is 5.69 Å². The number of benzene rings is 2. The van der Waals surface area contributed by atoms with Crippen molar-refractivity contribution < 1.29 is 9.59 Å². The Morgan fingerprint density at radius 1 is 1.11 bits per heavy atom. The Bertz CT molecular complexity index is 956. The number of halogens is 3. The average molecular weight is 423 g/mol. The van der Waals surface area contributed by atoms with Crippen LogP contribution in [0.25, 0.3) is 0 Å². The molecule has 0 saturated carbocycles. The molecule has 0 radical (unpaired) electrons. The molecule has 1 unspecified atom stereocenters. The van der Waals surface area contributed by atoms with Crippen molar-refractivity contribution in [2.24, 2.45) is 0 Å². The maximum atomic E-state index is 12.9. The average Bonchev–Trinajstić information content (AvgIpc) is 3.13. The van der Waals surface area contributed by atoms with Crippen molar-refractivity contribution in [3.63, 3.8) is 0 Å². The molecule has 1 atom stereocenters. The number of amides is 2. The molecule has 1 N–H and O–H groups in total. The number of hydrogen-bond acceptors (Lipinski definition) is 3. The topological polar surface area (TPSA) is 73.2 Å². The predicted molar refractivity (Wildman–Crippen MR) is 105 cm³/mol. The normalized spacial score (nSPS) is 16.1. The minimum Gasteiger partial charge on any atom is -0.327 e. The molecule has 2 aromatic rings. The van der Waals surface area contributed by atoms with Crippen LogP contribution in [0.3, 0.4) is 0 Å². The van der Waals surface area contributed by atoms with Crippen molar-refractivity contribution in [3.8, 4) is 6.07 Å². The van der Waals surface area contributed by atoms with Gasteiger partial charge in [-0.25, -0.2) is 0 Å². The van der Waals surface area contributed by atoms with E-state index in [0.717, 1.165) is 0 Å². The molecule has 0 spiro atoms. The number of rotatable bonds is 3. The van der Waals surface area contributed by atoms with Crippen LogP contribution in [0, 0.1) is 11.3 Å². The summed E-state index contributed by atoms with van der Waals surface area (Å²) in [6.45, 7) is 0.452.